The maximum atomic E-state index is 12.2. The number of hydrogen-bond donors (Lipinski definition) is 1. The van der Waals surface area contributed by atoms with Gasteiger partial charge in [0.25, 0.3) is 10.0 Å². The zero-order valence-corrected chi connectivity index (χ0v) is 13.5. The molecule has 0 spiro atoms. The molecule has 2 atom stereocenters. The molecule has 0 saturated carbocycles. The lowest BCUT2D eigenvalue weighted by atomic mass is 10.2. The third-order valence-electron chi connectivity index (χ3n) is 2.95. The molecule has 108 valence electrons. The van der Waals surface area contributed by atoms with Crippen molar-refractivity contribution in [2.75, 3.05) is 27.2 Å². The second-order valence-electron chi connectivity index (χ2n) is 4.41. The third kappa shape index (κ3) is 3.41. The van der Waals surface area contributed by atoms with Gasteiger partial charge in [0.1, 0.15) is 8.55 Å². The number of nitrogens with zero attached hydrogens (tertiary/aromatic N) is 1. The predicted octanol–water partition coefficient (Wildman–Crippen LogP) is 1.66. The molecule has 1 saturated heterocycles. The Labute approximate surface area is 126 Å². The Morgan fingerprint density at radius 2 is 2.16 bits per heavy atom. The van der Waals surface area contributed by atoms with Gasteiger partial charge in [-0.15, -0.1) is 11.3 Å². The van der Waals surface area contributed by atoms with E-state index in [2.05, 4.69) is 4.72 Å². The van der Waals surface area contributed by atoms with E-state index in [1.807, 2.05) is 11.9 Å². The van der Waals surface area contributed by atoms with Crippen LogP contribution in [0.3, 0.4) is 0 Å². The van der Waals surface area contributed by atoms with E-state index in [9.17, 15) is 8.42 Å². The molecule has 5 nitrogen and oxygen atoms in total. The van der Waals surface area contributed by atoms with Gasteiger partial charge in [0, 0.05) is 20.2 Å². The summed E-state index contributed by atoms with van der Waals surface area (Å²) in [4.78, 5) is 2.01. The van der Waals surface area contributed by atoms with Gasteiger partial charge >= 0.3 is 0 Å². The van der Waals surface area contributed by atoms with Gasteiger partial charge in [0.2, 0.25) is 0 Å². The Bertz CT molecular complexity index is 542. The smallest absolute Gasteiger partial charge is 0.250 e. The fraction of sp³-hybridized carbons (Fsp3) is 0.600. The molecule has 9 heteroatoms. The van der Waals surface area contributed by atoms with Crippen molar-refractivity contribution < 1.29 is 13.2 Å². The molecule has 0 radical (unpaired) electrons. The lowest BCUT2D eigenvalue weighted by Gasteiger charge is -2.17. The van der Waals surface area contributed by atoms with Gasteiger partial charge in [-0.25, -0.2) is 13.1 Å². The fourth-order valence-electron chi connectivity index (χ4n) is 2.03. The Kier molecular flexibility index (Phi) is 4.77. The molecule has 0 bridgehead atoms. The van der Waals surface area contributed by atoms with Gasteiger partial charge in [-0.2, -0.15) is 0 Å². The van der Waals surface area contributed by atoms with Crippen molar-refractivity contribution in [1.29, 1.82) is 0 Å². The highest BCUT2D eigenvalue weighted by Gasteiger charge is 2.34. The second kappa shape index (κ2) is 5.85. The van der Waals surface area contributed by atoms with Crippen molar-refractivity contribution in [2.45, 2.75) is 16.4 Å². The Morgan fingerprint density at radius 1 is 1.47 bits per heavy atom. The van der Waals surface area contributed by atoms with Gasteiger partial charge in [-0.05, 0) is 13.1 Å². The van der Waals surface area contributed by atoms with E-state index in [1.54, 1.807) is 7.11 Å². The van der Waals surface area contributed by atoms with Gasteiger partial charge in [0.05, 0.1) is 17.2 Å². The van der Waals surface area contributed by atoms with E-state index in [1.165, 1.54) is 6.07 Å². The molecule has 0 aromatic carbocycles. The first kappa shape index (κ1) is 15.5. The van der Waals surface area contributed by atoms with Crippen molar-refractivity contribution in [1.82, 2.24) is 9.62 Å². The average Bonchev–Trinajstić information content (AvgIpc) is 2.83. The minimum absolute atomic E-state index is 0.118. The SMILES string of the molecule is COC1CN(C)CC1NS(=O)(=O)c1cc(Cl)c(Cl)s1. The van der Waals surface area contributed by atoms with Gasteiger partial charge in [0.15, 0.2) is 0 Å². The van der Waals surface area contributed by atoms with Crippen LogP contribution >= 0.6 is 34.5 Å². The van der Waals surface area contributed by atoms with E-state index in [0.29, 0.717) is 13.1 Å². The number of likely N-dealkylation sites (N-methyl/N-ethyl adjacent to an activating group) is 1. The number of rotatable bonds is 4. The molecule has 1 N–H and O–H groups in total. The standard InChI is InChI=1S/C10H14Cl2N2O3S2/c1-14-4-7(8(5-14)17-2)13-19(15,16)9-3-6(11)10(12)18-9/h3,7-8,13H,4-5H2,1-2H3. The highest BCUT2D eigenvalue weighted by Crippen LogP contribution is 2.34. The van der Waals surface area contributed by atoms with Crippen LogP contribution in [-0.4, -0.2) is 52.7 Å². The van der Waals surface area contributed by atoms with Crippen molar-refractivity contribution >= 4 is 44.6 Å². The maximum absolute atomic E-state index is 12.2. The summed E-state index contributed by atoms with van der Waals surface area (Å²) in [5.41, 5.74) is 0. The van der Waals surface area contributed by atoms with E-state index < -0.39 is 10.0 Å². The first-order chi connectivity index (χ1) is 8.83. The van der Waals surface area contributed by atoms with Gasteiger partial charge in [-0.3, -0.25) is 0 Å². The number of halogens is 2. The molecular formula is C10H14Cl2N2O3S2. The summed E-state index contributed by atoms with van der Waals surface area (Å²) >= 11 is 12.5. The largest absolute Gasteiger partial charge is 0.378 e. The summed E-state index contributed by atoms with van der Waals surface area (Å²) in [7, 11) is -0.130. The number of likely N-dealkylation sites (tertiary alicyclic amines) is 1. The average molecular weight is 345 g/mol. The van der Waals surface area contributed by atoms with E-state index in [-0.39, 0.29) is 25.7 Å². The van der Waals surface area contributed by atoms with Gasteiger partial charge in [-0.1, -0.05) is 23.2 Å². The van der Waals surface area contributed by atoms with Crippen molar-refractivity contribution in [3.05, 3.63) is 15.4 Å². The second-order valence-corrected chi connectivity index (χ2v) is 8.41. The Morgan fingerprint density at radius 3 is 2.68 bits per heavy atom. The first-order valence-corrected chi connectivity index (χ1v) is 8.57. The minimum Gasteiger partial charge on any atom is -0.378 e. The molecule has 2 heterocycles. The zero-order chi connectivity index (χ0) is 14.2. The van der Waals surface area contributed by atoms with Gasteiger partial charge < -0.3 is 9.64 Å². The topological polar surface area (TPSA) is 58.6 Å². The third-order valence-corrected chi connectivity index (χ3v) is 6.77. The zero-order valence-electron chi connectivity index (χ0n) is 10.4. The minimum atomic E-state index is -3.62. The molecule has 2 unspecified atom stereocenters. The molecule has 0 aliphatic carbocycles. The molecule has 1 aromatic heterocycles. The lowest BCUT2D eigenvalue weighted by Crippen LogP contribution is -2.43. The molecule has 1 fully saturated rings. The van der Waals surface area contributed by atoms with Crippen LogP contribution in [0.2, 0.25) is 9.36 Å². The van der Waals surface area contributed by atoms with Crippen LogP contribution in [-0.2, 0) is 14.8 Å². The molecule has 1 aliphatic heterocycles. The summed E-state index contributed by atoms with van der Waals surface area (Å²) < 4.78 is 32.8. The van der Waals surface area contributed by atoms with Crippen molar-refractivity contribution in [3.63, 3.8) is 0 Å². The number of hydrogen-bond acceptors (Lipinski definition) is 5. The van der Waals surface area contributed by atoms with E-state index in [4.69, 9.17) is 27.9 Å². The molecule has 1 aromatic rings. The molecule has 19 heavy (non-hydrogen) atoms. The predicted molar refractivity (Wildman–Crippen MR) is 76.7 cm³/mol. The highest BCUT2D eigenvalue weighted by atomic mass is 35.5. The van der Waals surface area contributed by atoms with Crippen LogP contribution in [0.4, 0.5) is 0 Å². The lowest BCUT2D eigenvalue weighted by molar-refractivity contribution is 0.0969. The Hall–Kier alpha value is 0.110. The summed E-state index contributed by atoms with van der Waals surface area (Å²) in [6.45, 7) is 1.29. The number of nitrogens with one attached hydrogen (secondary N) is 1. The molecular weight excluding hydrogens is 331 g/mol. The van der Waals surface area contributed by atoms with Crippen LogP contribution < -0.4 is 4.72 Å². The monoisotopic (exact) mass is 344 g/mol. The number of thiophene rings is 1. The van der Waals surface area contributed by atoms with Crippen LogP contribution in [0.1, 0.15) is 0 Å². The summed E-state index contributed by atoms with van der Waals surface area (Å²) in [6.07, 6.45) is -0.161. The number of methoxy groups -OCH3 is 1. The van der Waals surface area contributed by atoms with Crippen LogP contribution in [0, 0.1) is 0 Å². The molecule has 0 amide bonds. The van der Waals surface area contributed by atoms with Crippen LogP contribution in [0.25, 0.3) is 0 Å². The summed E-state index contributed by atoms with van der Waals surface area (Å²) in [5, 5.41) is 0.249. The number of sulfonamides is 1. The number of ether oxygens (including phenoxy) is 1. The molecule has 2 rings (SSSR count). The fourth-order valence-corrected chi connectivity index (χ4v) is 5.18. The van der Waals surface area contributed by atoms with Crippen molar-refractivity contribution in [2.24, 2.45) is 0 Å². The van der Waals surface area contributed by atoms with Crippen molar-refractivity contribution in [3.8, 4) is 0 Å². The van der Waals surface area contributed by atoms with E-state index in [0.717, 1.165) is 11.3 Å². The maximum Gasteiger partial charge on any atom is 0.250 e. The Balaban J connectivity index is 2.17. The van der Waals surface area contributed by atoms with Crippen LogP contribution in [0.5, 0.6) is 0 Å². The van der Waals surface area contributed by atoms with Crippen LogP contribution in [0.15, 0.2) is 10.3 Å². The quantitative estimate of drug-likeness (QED) is 0.902. The molecule has 1 aliphatic rings. The first-order valence-electron chi connectivity index (χ1n) is 5.52. The summed E-state index contributed by atoms with van der Waals surface area (Å²) in [6, 6.07) is 1.08. The highest BCUT2D eigenvalue weighted by molar-refractivity contribution is 7.91. The normalized spacial score (nSPS) is 25.1. The summed E-state index contributed by atoms with van der Waals surface area (Å²) in [5.74, 6) is 0. The van der Waals surface area contributed by atoms with E-state index >= 15 is 0 Å².